The monoisotopic (exact) mass is 776 g/mol. The van der Waals surface area contributed by atoms with Crippen LogP contribution in [0.2, 0.25) is 5.02 Å². The van der Waals surface area contributed by atoms with Crippen molar-refractivity contribution in [2.45, 2.75) is 87.9 Å². The molecule has 1 aliphatic carbocycles. The van der Waals surface area contributed by atoms with Crippen molar-refractivity contribution in [2.24, 2.45) is 5.14 Å². The van der Waals surface area contributed by atoms with Crippen molar-refractivity contribution in [3.05, 3.63) is 100 Å². The standard InChI is InChI=1S/C37H45ClN4O8S.ClH/c1-3-50-37(47)31(19-16-25-11-5-4-6-12-25)41-24(2)35(44)42(29-21-26-13-7-8-14-27(26)22-29)32(36(45)46)15-9-10-20-40-34(43)28-17-18-30(38)33(23-28)51(39,48)49;/h4-8,11-14,17-18,23-24,29,31-32,41H,3,9-10,15-16,19-22H2,1-2H3,(H,40,43)(H,45,46)(H2,39,48,49);1H/t24-,31?,32+;/m0./s1. The smallest absolute Gasteiger partial charge is 0.326 e. The lowest BCUT2D eigenvalue weighted by molar-refractivity contribution is -0.154. The summed E-state index contributed by atoms with van der Waals surface area (Å²) in [7, 11) is -4.14. The number of fused-ring (bicyclic) bond motifs is 1. The Morgan fingerprint density at radius 1 is 0.981 bits per heavy atom. The molecule has 0 heterocycles. The molecule has 15 heteroatoms. The number of carbonyl (C=O) groups is 4. The second-order valence-electron chi connectivity index (χ2n) is 12.6. The number of nitrogens with one attached hydrogen (secondary N) is 2. The summed E-state index contributed by atoms with van der Waals surface area (Å²) in [6, 6.07) is 17.9. The first kappa shape index (κ1) is 42.4. The first-order chi connectivity index (χ1) is 24.3. The van der Waals surface area contributed by atoms with E-state index in [1.54, 1.807) is 13.8 Å². The summed E-state index contributed by atoms with van der Waals surface area (Å²) in [5.41, 5.74) is 3.18. The molecule has 0 radical (unpaired) electrons. The highest BCUT2D eigenvalue weighted by atomic mass is 35.5. The maximum atomic E-state index is 14.3. The molecule has 3 atom stereocenters. The third-order valence-electron chi connectivity index (χ3n) is 8.95. The van der Waals surface area contributed by atoms with Gasteiger partial charge in [0.05, 0.1) is 17.7 Å². The number of carbonyl (C=O) groups excluding carboxylic acids is 3. The van der Waals surface area contributed by atoms with Crippen LogP contribution in [0, 0.1) is 0 Å². The van der Waals surface area contributed by atoms with Gasteiger partial charge in [-0.15, -0.1) is 12.4 Å². The lowest BCUT2D eigenvalue weighted by Gasteiger charge is -2.37. The normalized spacial score (nSPS) is 14.3. The number of aliphatic carboxylic acids is 1. The van der Waals surface area contributed by atoms with E-state index in [-0.39, 0.29) is 47.5 Å². The topological polar surface area (TPSA) is 185 Å². The van der Waals surface area contributed by atoms with Gasteiger partial charge in [0, 0.05) is 18.2 Å². The van der Waals surface area contributed by atoms with Crippen molar-refractivity contribution in [3.8, 4) is 0 Å². The van der Waals surface area contributed by atoms with Crippen molar-refractivity contribution in [1.82, 2.24) is 15.5 Å². The molecule has 4 rings (SSSR count). The van der Waals surface area contributed by atoms with Crippen LogP contribution in [0.3, 0.4) is 0 Å². The van der Waals surface area contributed by atoms with Gasteiger partial charge in [-0.25, -0.2) is 18.4 Å². The third kappa shape index (κ3) is 11.5. The first-order valence-corrected chi connectivity index (χ1v) is 18.9. The number of sulfonamides is 1. The molecular formula is C37H46Cl2N4O8S. The van der Waals surface area contributed by atoms with E-state index in [4.69, 9.17) is 21.5 Å². The Labute approximate surface area is 315 Å². The van der Waals surface area contributed by atoms with Gasteiger partial charge in [-0.3, -0.25) is 19.7 Å². The van der Waals surface area contributed by atoms with Gasteiger partial charge in [-0.2, -0.15) is 0 Å². The van der Waals surface area contributed by atoms with Crippen molar-refractivity contribution < 1.29 is 37.4 Å². The molecule has 0 spiro atoms. The Bertz CT molecular complexity index is 1790. The molecule has 12 nitrogen and oxygen atoms in total. The number of nitrogens with two attached hydrogens (primary N) is 1. The summed E-state index contributed by atoms with van der Waals surface area (Å²) in [6.07, 6.45) is 2.78. The third-order valence-corrected chi connectivity index (χ3v) is 10.3. The number of rotatable bonds is 18. The highest BCUT2D eigenvalue weighted by molar-refractivity contribution is 7.89. The molecule has 0 bridgehead atoms. The van der Waals surface area contributed by atoms with Crippen molar-refractivity contribution >= 4 is 57.8 Å². The lowest BCUT2D eigenvalue weighted by Crippen LogP contribution is -2.58. The van der Waals surface area contributed by atoms with Crippen molar-refractivity contribution in [2.75, 3.05) is 13.2 Å². The summed E-state index contributed by atoms with van der Waals surface area (Å²) in [6.45, 7) is 3.70. The Balaban J connectivity index is 0.00000729. The fraction of sp³-hybridized carbons (Fsp3) is 0.405. The summed E-state index contributed by atoms with van der Waals surface area (Å²) in [4.78, 5) is 53.9. The molecule has 3 aromatic carbocycles. The minimum atomic E-state index is -4.14. The van der Waals surface area contributed by atoms with E-state index in [2.05, 4.69) is 10.6 Å². The summed E-state index contributed by atoms with van der Waals surface area (Å²) in [5, 5.41) is 21.4. The zero-order valence-electron chi connectivity index (χ0n) is 29.1. The number of carboxylic acid groups (broad SMARTS) is 1. The molecule has 52 heavy (non-hydrogen) atoms. The quantitative estimate of drug-likeness (QED) is 0.108. The molecule has 0 aromatic heterocycles. The number of ether oxygens (including phenoxy) is 1. The number of unbranched alkanes of at least 4 members (excludes halogenated alkanes) is 1. The summed E-state index contributed by atoms with van der Waals surface area (Å²) in [5.74, 6) is -2.62. The predicted molar refractivity (Wildman–Crippen MR) is 200 cm³/mol. The molecule has 0 fully saturated rings. The molecule has 1 unspecified atom stereocenters. The van der Waals surface area contributed by atoms with E-state index in [1.807, 2.05) is 54.6 Å². The molecule has 1 aliphatic rings. The molecule has 0 saturated carbocycles. The Hall–Kier alpha value is -4.01. The zero-order chi connectivity index (χ0) is 37.1. The van der Waals surface area contributed by atoms with E-state index >= 15 is 0 Å². The van der Waals surface area contributed by atoms with Crippen LogP contribution in [-0.2, 0) is 48.4 Å². The van der Waals surface area contributed by atoms with Gasteiger partial charge >= 0.3 is 11.9 Å². The van der Waals surface area contributed by atoms with Crippen LogP contribution in [0.25, 0.3) is 0 Å². The largest absolute Gasteiger partial charge is 0.480 e. The number of aryl methyl sites for hydroxylation is 1. The van der Waals surface area contributed by atoms with Gasteiger partial charge in [-0.1, -0.05) is 66.2 Å². The van der Waals surface area contributed by atoms with Gasteiger partial charge in [0.15, 0.2) is 0 Å². The summed E-state index contributed by atoms with van der Waals surface area (Å²) < 4.78 is 28.9. The molecule has 0 aliphatic heterocycles. The highest BCUT2D eigenvalue weighted by Gasteiger charge is 2.40. The Morgan fingerprint density at radius 3 is 2.21 bits per heavy atom. The van der Waals surface area contributed by atoms with Crippen LogP contribution in [0.1, 0.15) is 66.6 Å². The van der Waals surface area contributed by atoms with Crippen LogP contribution in [-0.4, -0.2) is 79.5 Å². The van der Waals surface area contributed by atoms with Gasteiger partial charge in [0.2, 0.25) is 15.9 Å². The number of primary sulfonamides is 1. The average Bonchev–Trinajstić information content (AvgIpc) is 3.53. The van der Waals surface area contributed by atoms with Crippen molar-refractivity contribution in [1.29, 1.82) is 0 Å². The SMILES string of the molecule is CCOC(=O)C(CCc1ccccc1)N[C@@H](C)C(=O)N(C1Cc2ccccc2C1)[C@H](CCCCNC(=O)c1ccc(Cl)c(S(N)(=O)=O)c1)C(=O)O.Cl. The van der Waals surface area contributed by atoms with E-state index in [0.717, 1.165) is 22.8 Å². The van der Waals surface area contributed by atoms with Crippen LogP contribution in [0.4, 0.5) is 0 Å². The number of hydrogen-bond acceptors (Lipinski definition) is 8. The van der Waals surface area contributed by atoms with Gasteiger partial charge in [0.25, 0.3) is 5.91 Å². The van der Waals surface area contributed by atoms with Crippen LogP contribution in [0.5, 0.6) is 0 Å². The van der Waals surface area contributed by atoms with E-state index < -0.39 is 57.9 Å². The van der Waals surface area contributed by atoms with Crippen LogP contribution in [0.15, 0.2) is 77.7 Å². The fourth-order valence-corrected chi connectivity index (χ4v) is 7.47. The number of esters is 1. The number of halogens is 2. The average molecular weight is 778 g/mol. The minimum Gasteiger partial charge on any atom is -0.480 e. The van der Waals surface area contributed by atoms with Gasteiger partial charge in [-0.05, 0) is 93.7 Å². The Kier molecular flexibility index (Phi) is 16.1. The molecule has 3 aromatic rings. The van der Waals surface area contributed by atoms with E-state index in [0.29, 0.717) is 38.5 Å². The second kappa shape index (κ2) is 19.7. The number of nitrogens with zero attached hydrogens (tertiary/aromatic N) is 1. The van der Waals surface area contributed by atoms with Crippen molar-refractivity contribution in [3.63, 3.8) is 0 Å². The number of carboxylic acids is 1. The number of benzene rings is 3. The highest BCUT2D eigenvalue weighted by Crippen LogP contribution is 2.29. The first-order valence-electron chi connectivity index (χ1n) is 17.0. The maximum Gasteiger partial charge on any atom is 0.326 e. The molecule has 5 N–H and O–H groups in total. The zero-order valence-corrected chi connectivity index (χ0v) is 31.5. The Morgan fingerprint density at radius 2 is 1.62 bits per heavy atom. The minimum absolute atomic E-state index is 0. The van der Waals surface area contributed by atoms with Crippen LogP contribution < -0.4 is 15.8 Å². The molecular weight excluding hydrogens is 731 g/mol. The van der Waals surface area contributed by atoms with Crippen LogP contribution >= 0.6 is 24.0 Å². The summed E-state index contributed by atoms with van der Waals surface area (Å²) >= 11 is 5.92. The number of hydrogen-bond donors (Lipinski definition) is 4. The lowest BCUT2D eigenvalue weighted by atomic mass is 10.0. The van der Waals surface area contributed by atoms with E-state index in [9.17, 15) is 32.7 Å². The number of amides is 2. The molecule has 2 amide bonds. The van der Waals surface area contributed by atoms with E-state index in [1.165, 1.54) is 17.0 Å². The maximum absolute atomic E-state index is 14.3. The van der Waals surface area contributed by atoms with Gasteiger partial charge in [0.1, 0.15) is 17.0 Å². The molecule has 282 valence electrons. The molecule has 0 saturated heterocycles. The fourth-order valence-electron chi connectivity index (χ4n) is 6.40. The second-order valence-corrected chi connectivity index (χ2v) is 14.5. The van der Waals surface area contributed by atoms with Gasteiger partial charge < -0.3 is 20.1 Å². The predicted octanol–water partition coefficient (Wildman–Crippen LogP) is 4.30.